The van der Waals surface area contributed by atoms with Crippen molar-refractivity contribution >= 4 is 5.82 Å². The van der Waals surface area contributed by atoms with Crippen LogP contribution in [0.25, 0.3) is 0 Å². The molecule has 0 aromatic carbocycles. The molecule has 4 heteroatoms. The van der Waals surface area contributed by atoms with E-state index in [1.54, 1.807) is 12.3 Å². The zero-order valence-corrected chi connectivity index (χ0v) is 6.20. The van der Waals surface area contributed by atoms with Crippen LogP contribution in [0.1, 0.15) is 11.6 Å². The number of hydrogen-bond donors (Lipinski definition) is 3. The van der Waals surface area contributed by atoms with Crippen LogP contribution >= 0.6 is 0 Å². The Balaban J connectivity index is 2.93. The Morgan fingerprint density at radius 1 is 1.55 bits per heavy atom. The zero-order chi connectivity index (χ0) is 8.27. The lowest BCUT2D eigenvalue weighted by molar-refractivity contribution is 0.736. The highest BCUT2D eigenvalue weighted by Crippen LogP contribution is 2.13. The van der Waals surface area contributed by atoms with E-state index in [-0.39, 0.29) is 6.04 Å². The molecule has 1 heterocycles. The van der Waals surface area contributed by atoms with Gasteiger partial charge in [0.1, 0.15) is 5.82 Å². The van der Waals surface area contributed by atoms with Gasteiger partial charge in [0.2, 0.25) is 0 Å². The minimum absolute atomic E-state index is 0.205. The van der Waals surface area contributed by atoms with E-state index in [0.29, 0.717) is 12.4 Å². The van der Waals surface area contributed by atoms with Crippen LogP contribution < -0.4 is 17.2 Å². The van der Waals surface area contributed by atoms with Gasteiger partial charge < -0.3 is 17.2 Å². The van der Waals surface area contributed by atoms with Crippen LogP contribution in [0.5, 0.6) is 0 Å². The second-order valence-electron chi connectivity index (χ2n) is 2.32. The Morgan fingerprint density at radius 2 is 2.27 bits per heavy atom. The predicted octanol–water partition coefficient (Wildman–Crippen LogP) is -0.378. The van der Waals surface area contributed by atoms with Crippen LogP contribution in [0, 0.1) is 0 Å². The van der Waals surface area contributed by atoms with Crippen LogP contribution in [-0.2, 0) is 0 Å². The van der Waals surface area contributed by atoms with Crippen LogP contribution in [0.2, 0.25) is 0 Å². The fraction of sp³-hybridized carbons (Fsp3) is 0.286. The molecule has 6 N–H and O–H groups in total. The summed E-state index contributed by atoms with van der Waals surface area (Å²) in [7, 11) is 0. The normalized spacial score (nSPS) is 12.9. The average Bonchev–Trinajstić information content (AvgIpc) is 2.04. The highest BCUT2D eigenvalue weighted by Gasteiger charge is 2.06. The minimum Gasteiger partial charge on any atom is -0.383 e. The predicted molar refractivity (Wildman–Crippen MR) is 44.6 cm³/mol. The monoisotopic (exact) mass is 152 g/mol. The summed E-state index contributed by atoms with van der Waals surface area (Å²) in [5.41, 5.74) is 17.4. The number of rotatable bonds is 2. The molecule has 0 unspecified atom stereocenters. The highest BCUT2D eigenvalue weighted by atomic mass is 14.8. The van der Waals surface area contributed by atoms with E-state index in [9.17, 15) is 0 Å². The molecule has 1 aromatic rings. The van der Waals surface area contributed by atoms with E-state index in [4.69, 9.17) is 17.2 Å². The molecule has 11 heavy (non-hydrogen) atoms. The Morgan fingerprint density at radius 3 is 2.82 bits per heavy atom. The van der Waals surface area contributed by atoms with Gasteiger partial charge in [0.25, 0.3) is 0 Å². The number of nitrogen functional groups attached to an aromatic ring is 1. The molecule has 0 saturated carbocycles. The molecule has 0 bridgehead atoms. The van der Waals surface area contributed by atoms with E-state index in [1.165, 1.54) is 0 Å². The molecular formula is C7H12N4. The molecule has 0 amide bonds. The number of anilines is 1. The molecule has 0 spiro atoms. The summed E-state index contributed by atoms with van der Waals surface area (Å²) in [5.74, 6) is 0.463. The van der Waals surface area contributed by atoms with E-state index in [1.807, 2.05) is 6.07 Å². The van der Waals surface area contributed by atoms with Crippen molar-refractivity contribution in [2.45, 2.75) is 6.04 Å². The van der Waals surface area contributed by atoms with Gasteiger partial charge in [-0.05, 0) is 6.07 Å². The fourth-order valence-electron chi connectivity index (χ4n) is 0.870. The van der Waals surface area contributed by atoms with Gasteiger partial charge in [0.15, 0.2) is 0 Å². The van der Waals surface area contributed by atoms with Gasteiger partial charge in [-0.25, -0.2) is 4.98 Å². The van der Waals surface area contributed by atoms with Gasteiger partial charge in [-0.1, -0.05) is 6.07 Å². The third-order valence-corrected chi connectivity index (χ3v) is 1.52. The topological polar surface area (TPSA) is 91.0 Å². The van der Waals surface area contributed by atoms with Crippen molar-refractivity contribution in [2.75, 3.05) is 12.3 Å². The smallest absolute Gasteiger partial charge is 0.128 e. The van der Waals surface area contributed by atoms with Gasteiger partial charge >= 0.3 is 0 Å². The molecule has 0 saturated heterocycles. The van der Waals surface area contributed by atoms with Crippen molar-refractivity contribution in [3.8, 4) is 0 Å². The van der Waals surface area contributed by atoms with Crippen molar-refractivity contribution in [1.82, 2.24) is 4.98 Å². The number of aromatic nitrogens is 1. The van der Waals surface area contributed by atoms with Crippen molar-refractivity contribution in [1.29, 1.82) is 0 Å². The number of pyridine rings is 1. The molecule has 0 fully saturated rings. The Labute approximate surface area is 65.4 Å². The second kappa shape index (κ2) is 3.32. The molecule has 0 aliphatic heterocycles. The molecule has 60 valence electrons. The summed E-state index contributed by atoms with van der Waals surface area (Å²) < 4.78 is 0. The van der Waals surface area contributed by atoms with Gasteiger partial charge in [0.05, 0.1) is 0 Å². The van der Waals surface area contributed by atoms with Gasteiger partial charge in [-0.3, -0.25) is 0 Å². The third kappa shape index (κ3) is 1.66. The lowest BCUT2D eigenvalue weighted by Crippen LogP contribution is -2.22. The first-order valence-corrected chi connectivity index (χ1v) is 3.41. The van der Waals surface area contributed by atoms with Crippen LogP contribution in [0.15, 0.2) is 18.3 Å². The molecule has 0 radical (unpaired) electrons. The lowest BCUT2D eigenvalue weighted by atomic mass is 10.1. The van der Waals surface area contributed by atoms with E-state index >= 15 is 0 Å². The molecule has 4 nitrogen and oxygen atoms in total. The quantitative estimate of drug-likeness (QED) is 0.539. The number of hydrogen-bond acceptors (Lipinski definition) is 4. The largest absolute Gasteiger partial charge is 0.383 e. The van der Waals surface area contributed by atoms with Crippen LogP contribution in [-0.4, -0.2) is 11.5 Å². The second-order valence-corrected chi connectivity index (χ2v) is 2.32. The summed E-state index contributed by atoms with van der Waals surface area (Å²) in [6.45, 7) is 0.385. The van der Waals surface area contributed by atoms with Crippen molar-refractivity contribution in [3.63, 3.8) is 0 Å². The molecular weight excluding hydrogens is 140 g/mol. The summed E-state index contributed by atoms with van der Waals surface area (Å²) in [4.78, 5) is 3.89. The Kier molecular flexibility index (Phi) is 2.40. The van der Waals surface area contributed by atoms with Crippen LogP contribution in [0.4, 0.5) is 5.82 Å². The molecule has 0 aliphatic rings. The Bertz CT molecular complexity index is 236. The zero-order valence-electron chi connectivity index (χ0n) is 6.20. The SMILES string of the molecule is NC[C@H](N)c1cccnc1N. The first-order valence-electron chi connectivity index (χ1n) is 3.41. The maximum absolute atomic E-state index is 5.65. The Hall–Kier alpha value is -1.13. The van der Waals surface area contributed by atoms with Crippen molar-refractivity contribution < 1.29 is 0 Å². The fourth-order valence-corrected chi connectivity index (χ4v) is 0.870. The van der Waals surface area contributed by atoms with Crippen LogP contribution in [0.3, 0.4) is 0 Å². The first-order chi connectivity index (χ1) is 5.25. The van der Waals surface area contributed by atoms with Crippen molar-refractivity contribution in [3.05, 3.63) is 23.9 Å². The summed E-state index contributed by atoms with van der Waals surface area (Å²) in [6.07, 6.45) is 1.63. The lowest BCUT2D eigenvalue weighted by Gasteiger charge is -2.09. The van der Waals surface area contributed by atoms with Gasteiger partial charge in [0, 0.05) is 24.3 Å². The van der Waals surface area contributed by atoms with E-state index in [2.05, 4.69) is 4.98 Å². The van der Waals surface area contributed by atoms with Crippen molar-refractivity contribution in [2.24, 2.45) is 11.5 Å². The summed E-state index contributed by atoms with van der Waals surface area (Å²) in [5, 5.41) is 0. The van der Waals surface area contributed by atoms with E-state index < -0.39 is 0 Å². The first kappa shape index (κ1) is 7.97. The molecule has 1 rings (SSSR count). The summed E-state index contributed by atoms with van der Waals surface area (Å²) in [6, 6.07) is 3.42. The summed E-state index contributed by atoms with van der Waals surface area (Å²) >= 11 is 0. The molecule has 1 aromatic heterocycles. The third-order valence-electron chi connectivity index (χ3n) is 1.52. The average molecular weight is 152 g/mol. The van der Waals surface area contributed by atoms with Gasteiger partial charge in [-0.2, -0.15) is 0 Å². The molecule has 0 aliphatic carbocycles. The van der Waals surface area contributed by atoms with E-state index in [0.717, 1.165) is 5.56 Å². The maximum Gasteiger partial charge on any atom is 0.128 e. The highest BCUT2D eigenvalue weighted by molar-refractivity contribution is 5.40. The molecule has 1 atom stereocenters. The standard InChI is InChI=1S/C7H12N4/c8-4-6(9)5-2-1-3-11-7(5)10/h1-3,6H,4,8-9H2,(H2,10,11)/t6-/m0/s1. The maximum atomic E-state index is 5.65. The van der Waals surface area contributed by atoms with Gasteiger partial charge in [-0.15, -0.1) is 0 Å². The number of nitrogens with two attached hydrogens (primary N) is 3. The minimum atomic E-state index is -0.205. The number of nitrogens with zero attached hydrogens (tertiary/aromatic N) is 1.